The van der Waals surface area contributed by atoms with Crippen molar-refractivity contribution in [3.05, 3.63) is 59.2 Å². The van der Waals surface area contributed by atoms with E-state index in [-0.39, 0.29) is 18.0 Å². The predicted molar refractivity (Wildman–Crippen MR) is 106 cm³/mol. The molecule has 0 aromatic heterocycles. The first kappa shape index (κ1) is 19.9. The zero-order valence-corrected chi connectivity index (χ0v) is 16.2. The summed E-state index contributed by atoms with van der Waals surface area (Å²) in [6.45, 7) is 0.174. The molecule has 8 nitrogen and oxygen atoms in total. The number of carbonyl (C=O) groups is 3. The van der Waals surface area contributed by atoms with Gasteiger partial charge in [0, 0.05) is 12.6 Å². The number of rotatable bonds is 5. The highest BCUT2D eigenvalue weighted by Crippen LogP contribution is 2.35. The Morgan fingerprint density at radius 2 is 1.69 bits per heavy atom. The average Bonchev–Trinajstić information content (AvgIpc) is 2.74. The van der Waals surface area contributed by atoms with Crippen LogP contribution in [0.1, 0.15) is 26.3 Å². The number of hydrogen-bond donors (Lipinski definition) is 2. The van der Waals surface area contributed by atoms with Gasteiger partial charge in [0.25, 0.3) is 5.91 Å². The molecule has 0 atom stereocenters. The first-order chi connectivity index (χ1) is 14.0. The number of esters is 1. The molecule has 150 valence electrons. The Hall–Kier alpha value is -3.81. The van der Waals surface area contributed by atoms with Crippen LogP contribution >= 0.6 is 0 Å². The van der Waals surface area contributed by atoms with Crippen LogP contribution in [0.15, 0.2) is 42.5 Å². The second-order valence-corrected chi connectivity index (χ2v) is 6.13. The van der Waals surface area contributed by atoms with Gasteiger partial charge in [0.2, 0.25) is 5.91 Å². The standard InChI is InChI=1S/C21H20N2O6/c1-27-17-9-14-12(11-22-20(25)15(14)10-18(17)28-2)8-19(24)23-16-7-5-4-6-13(16)21(26)29-3/h4-10H,11H2,1-3H3,(H,22,25)(H,23,24). The minimum Gasteiger partial charge on any atom is -0.493 e. The number of para-hydroxylation sites is 1. The molecule has 2 amide bonds. The van der Waals surface area contributed by atoms with Crippen LogP contribution < -0.4 is 20.1 Å². The third-order valence-electron chi connectivity index (χ3n) is 4.45. The molecule has 0 fully saturated rings. The molecule has 29 heavy (non-hydrogen) atoms. The van der Waals surface area contributed by atoms with Crippen molar-refractivity contribution in [1.29, 1.82) is 0 Å². The predicted octanol–water partition coefficient (Wildman–Crippen LogP) is 2.26. The van der Waals surface area contributed by atoms with Crippen LogP contribution in [-0.4, -0.2) is 45.7 Å². The normalized spacial score (nSPS) is 13.9. The maximum absolute atomic E-state index is 12.6. The van der Waals surface area contributed by atoms with Gasteiger partial charge in [0.15, 0.2) is 11.5 Å². The van der Waals surface area contributed by atoms with E-state index in [2.05, 4.69) is 10.6 Å². The van der Waals surface area contributed by atoms with E-state index in [0.717, 1.165) is 0 Å². The van der Waals surface area contributed by atoms with E-state index in [1.54, 1.807) is 36.4 Å². The Bertz CT molecular complexity index is 1010. The first-order valence-electron chi connectivity index (χ1n) is 8.72. The molecule has 0 saturated carbocycles. The fourth-order valence-corrected chi connectivity index (χ4v) is 3.03. The molecule has 3 rings (SSSR count). The van der Waals surface area contributed by atoms with E-state index in [0.29, 0.717) is 33.9 Å². The Kier molecular flexibility index (Phi) is 5.82. The van der Waals surface area contributed by atoms with E-state index in [1.807, 2.05) is 0 Å². The first-order valence-corrected chi connectivity index (χ1v) is 8.72. The molecule has 2 aromatic rings. The fraction of sp³-hybridized carbons (Fsp3) is 0.190. The van der Waals surface area contributed by atoms with Crippen LogP contribution in [0.3, 0.4) is 0 Å². The van der Waals surface area contributed by atoms with Crippen LogP contribution in [0, 0.1) is 0 Å². The van der Waals surface area contributed by atoms with Crippen LogP contribution in [0.4, 0.5) is 5.69 Å². The fourth-order valence-electron chi connectivity index (χ4n) is 3.03. The molecule has 8 heteroatoms. The largest absolute Gasteiger partial charge is 0.493 e. The molecule has 2 aromatic carbocycles. The molecule has 0 saturated heterocycles. The summed E-state index contributed by atoms with van der Waals surface area (Å²) >= 11 is 0. The van der Waals surface area contributed by atoms with Crippen molar-refractivity contribution in [3.63, 3.8) is 0 Å². The van der Waals surface area contributed by atoms with Crippen molar-refractivity contribution in [1.82, 2.24) is 5.32 Å². The average molecular weight is 396 g/mol. The molecule has 1 aliphatic heterocycles. The molecule has 0 bridgehead atoms. The van der Waals surface area contributed by atoms with E-state index in [1.165, 1.54) is 27.4 Å². The van der Waals surface area contributed by atoms with Gasteiger partial charge in [0.05, 0.1) is 38.1 Å². The third-order valence-corrected chi connectivity index (χ3v) is 4.45. The quantitative estimate of drug-likeness (QED) is 0.594. The van der Waals surface area contributed by atoms with Crippen LogP contribution in [0.2, 0.25) is 0 Å². The van der Waals surface area contributed by atoms with Gasteiger partial charge in [-0.3, -0.25) is 9.59 Å². The summed E-state index contributed by atoms with van der Waals surface area (Å²) in [5.74, 6) is -0.411. The molecule has 1 heterocycles. The lowest BCUT2D eigenvalue weighted by atomic mass is 9.94. The van der Waals surface area contributed by atoms with Crippen molar-refractivity contribution in [2.45, 2.75) is 0 Å². The summed E-state index contributed by atoms with van der Waals surface area (Å²) in [7, 11) is 4.24. The Morgan fingerprint density at radius 3 is 2.34 bits per heavy atom. The number of amides is 2. The molecule has 2 N–H and O–H groups in total. The highest BCUT2D eigenvalue weighted by molar-refractivity contribution is 6.11. The van der Waals surface area contributed by atoms with Crippen molar-refractivity contribution in [2.75, 3.05) is 33.2 Å². The van der Waals surface area contributed by atoms with Crippen LogP contribution in [0.5, 0.6) is 11.5 Å². The molecule has 0 radical (unpaired) electrons. The lowest BCUT2D eigenvalue weighted by molar-refractivity contribution is -0.111. The SMILES string of the molecule is COC(=O)c1ccccc1NC(=O)C=C1CNC(=O)c2cc(OC)c(OC)cc21. The van der Waals surface area contributed by atoms with Gasteiger partial charge in [-0.15, -0.1) is 0 Å². The van der Waals surface area contributed by atoms with Crippen LogP contribution in [-0.2, 0) is 9.53 Å². The van der Waals surface area contributed by atoms with Gasteiger partial charge in [-0.25, -0.2) is 4.79 Å². The van der Waals surface area contributed by atoms with Gasteiger partial charge in [0.1, 0.15) is 0 Å². The van der Waals surface area contributed by atoms with E-state index < -0.39 is 11.9 Å². The van der Waals surface area contributed by atoms with Crippen LogP contribution in [0.25, 0.3) is 5.57 Å². The van der Waals surface area contributed by atoms with E-state index in [9.17, 15) is 14.4 Å². The van der Waals surface area contributed by atoms with Crippen molar-refractivity contribution < 1.29 is 28.6 Å². The Morgan fingerprint density at radius 1 is 1.03 bits per heavy atom. The second kappa shape index (κ2) is 8.47. The molecular formula is C21H20N2O6. The van der Waals surface area contributed by atoms with Crippen molar-refractivity contribution in [2.24, 2.45) is 0 Å². The zero-order valence-electron chi connectivity index (χ0n) is 16.2. The zero-order chi connectivity index (χ0) is 21.0. The minimum absolute atomic E-state index is 0.174. The third kappa shape index (κ3) is 4.06. The highest BCUT2D eigenvalue weighted by Gasteiger charge is 2.24. The number of methoxy groups -OCH3 is 3. The summed E-state index contributed by atoms with van der Waals surface area (Å²) < 4.78 is 15.3. The number of nitrogens with one attached hydrogen (secondary N) is 2. The Balaban J connectivity index is 1.95. The second-order valence-electron chi connectivity index (χ2n) is 6.13. The monoisotopic (exact) mass is 396 g/mol. The highest BCUT2D eigenvalue weighted by atomic mass is 16.5. The lowest BCUT2D eigenvalue weighted by Crippen LogP contribution is -2.31. The smallest absolute Gasteiger partial charge is 0.339 e. The summed E-state index contributed by atoms with van der Waals surface area (Å²) in [6.07, 6.45) is 1.37. The van der Waals surface area contributed by atoms with Gasteiger partial charge in [-0.05, 0) is 35.4 Å². The van der Waals surface area contributed by atoms with Gasteiger partial charge in [-0.2, -0.15) is 0 Å². The molecule has 1 aliphatic rings. The van der Waals surface area contributed by atoms with E-state index in [4.69, 9.17) is 14.2 Å². The number of fused-ring (bicyclic) bond motifs is 1. The maximum atomic E-state index is 12.6. The van der Waals surface area contributed by atoms with Crippen molar-refractivity contribution >= 4 is 29.0 Å². The number of ether oxygens (including phenoxy) is 3. The summed E-state index contributed by atoms with van der Waals surface area (Å²) in [5.41, 5.74) is 2.11. The maximum Gasteiger partial charge on any atom is 0.339 e. The number of carbonyl (C=O) groups excluding carboxylic acids is 3. The number of hydrogen-bond acceptors (Lipinski definition) is 6. The number of benzene rings is 2. The molecule has 0 spiro atoms. The topological polar surface area (TPSA) is 103 Å². The summed E-state index contributed by atoms with van der Waals surface area (Å²) in [5, 5.41) is 5.41. The summed E-state index contributed by atoms with van der Waals surface area (Å²) in [4.78, 5) is 36.7. The lowest BCUT2D eigenvalue weighted by Gasteiger charge is -2.21. The van der Waals surface area contributed by atoms with Gasteiger partial charge < -0.3 is 24.8 Å². The molecule has 0 unspecified atom stereocenters. The molecule has 0 aliphatic carbocycles. The Labute approximate surface area is 167 Å². The van der Waals surface area contributed by atoms with E-state index >= 15 is 0 Å². The van der Waals surface area contributed by atoms with Crippen molar-refractivity contribution in [3.8, 4) is 11.5 Å². The van der Waals surface area contributed by atoms with Gasteiger partial charge >= 0.3 is 5.97 Å². The molecular weight excluding hydrogens is 376 g/mol. The van der Waals surface area contributed by atoms with Gasteiger partial charge in [-0.1, -0.05) is 12.1 Å². The summed E-state index contributed by atoms with van der Waals surface area (Å²) in [6, 6.07) is 9.76. The number of anilines is 1. The minimum atomic E-state index is -0.555.